The maximum Gasteiger partial charge on any atom is 0.514 e. The summed E-state index contributed by atoms with van der Waals surface area (Å²) in [6, 6.07) is 6.07. The highest BCUT2D eigenvalue weighted by atomic mass is 32.2. The first kappa shape index (κ1) is 40.0. The molecule has 3 saturated heterocycles. The van der Waals surface area contributed by atoms with E-state index < -0.39 is 46.6 Å². The number of hydrogen-bond acceptors (Lipinski definition) is 16. The minimum atomic E-state index is -1.36. The average molecular weight is 855 g/mol. The second kappa shape index (κ2) is 14.2. The minimum Gasteiger partial charge on any atom is -0.504 e. The number of nitrogens with one attached hydrogen (secondary N) is 1. The van der Waals surface area contributed by atoms with Crippen LogP contribution in [0, 0.1) is 25.2 Å². The van der Waals surface area contributed by atoms with Crippen molar-refractivity contribution in [3.8, 4) is 46.3 Å². The van der Waals surface area contributed by atoms with Crippen molar-refractivity contribution in [2.45, 2.75) is 107 Å². The molecule has 1 spiro atoms. The Balaban J connectivity index is 1.17. The lowest BCUT2D eigenvalue weighted by Gasteiger charge is -2.55. The molecule has 3 fully saturated rings. The molecule has 11 rings (SSSR count). The summed E-state index contributed by atoms with van der Waals surface area (Å²) in [5.74, 6) is 2.52. The van der Waals surface area contributed by atoms with Gasteiger partial charge in [0.05, 0.1) is 56.3 Å². The number of carbonyl (C=O) groups excluding carboxylic acids is 2. The predicted molar refractivity (Wildman–Crippen MR) is 221 cm³/mol. The number of hydrogen-bond donors (Lipinski definition) is 2. The molecule has 0 aliphatic carbocycles. The van der Waals surface area contributed by atoms with Crippen molar-refractivity contribution in [2.75, 3.05) is 46.5 Å². The molecule has 4 unspecified atom stereocenters. The monoisotopic (exact) mass is 854 g/mol. The van der Waals surface area contributed by atoms with Gasteiger partial charge in [-0.05, 0) is 81.8 Å². The van der Waals surface area contributed by atoms with Crippen LogP contribution in [0.2, 0.25) is 0 Å². The highest BCUT2D eigenvalue weighted by Gasteiger charge is 2.73. The van der Waals surface area contributed by atoms with Gasteiger partial charge in [-0.1, -0.05) is 13.0 Å². The Morgan fingerprint density at radius 1 is 1.02 bits per heavy atom. The molecular formula is C45H50N4O11S. The molecule has 61 heavy (non-hydrogen) atoms. The zero-order chi connectivity index (χ0) is 42.9. The molecule has 16 heteroatoms. The molecule has 2 bridgehead atoms. The quantitative estimate of drug-likeness (QED) is 0.160. The van der Waals surface area contributed by atoms with Gasteiger partial charge >= 0.3 is 12.1 Å². The second-order valence-corrected chi connectivity index (χ2v) is 18.9. The molecule has 0 saturated carbocycles. The third-order valence-electron chi connectivity index (χ3n) is 13.3. The van der Waals surface area contributed by atoms with E-state index in [0.29, 0.717) is 48.1 Å². The molecule has 9 atom stereocenters. The van der Waals surface area contributed by atoms with Gasteiger partial charge in [-0.2, -0.15) is 5.26 Å². The summed E-state index contributed by atoms with van der Waals surface area (Å²) in [7, 11) is 3.05. The van der Waals surface area contributed by atoms with Gasteiger partial charge in [0.25, 0.3) is 0 Å². The summed E-state index contributed by atoms with van der Waals surface area (Å²) >= 11 is 1.58. The highest BCUT2D eigenvalue weighted by Crippen LogP contribution is 2.72. The molecule has 3 aromatic carbocycles. The smallest absolute Gasteiger partial charge is 0.504 e. The first-order chi connectivity index (χ1) is 29.3. The molecule has 15 nitrogen and oxygen atoms in total. The van der Waals surface area contributed by atoms with Crippen molar-refractivity contribution in [2.24, 2.45) is 0 Å². The first-order valence-corrected chi connectivity index (χ1v) is 21.9. The summed E-state index contributed by atoms with van der Waals surface area (Å²) < 4.78 is 48.5. The van der Waals surface area contributed by atoms with Crippen LogP contribution in [-0.4, -0.2) is 97.3 Å². The van der Waals surface area contributed by atoms with Crippen molar-refractivity contribution < 1.29 is 52.6 Å². The van der Waals surface area contributed by atoms with Gasteiger partial charge in [0, 0.05) is 40.6 Å². The number of phenolic OH excluding ortho intramolecular Hbond substituents is 1. The zero-order valence-corrected chi connectivity index (χ0v) is 36.3. The van der Waals surface area contributed by atoms with Crippen molar-refractivity contribution in [3.63, 3.8) is 0 Å². The Bertz CT molecular complexity index is 2430. The SMILES string of the molecule is CCCOc1c(C)c2c(c3c1[C@H]1SC[C@]4(NCCc5cc(OC(=O)OC(C)(C)C)c(OC)cc54)C(=O)OC[C@@H]3N3C1[C@H]1c4c(cc(C)c(OC)c4O)C4C([C@@H]3C#N)N41)OCO2. The Morgan fingerprint density at radius 3 is 2.52 bits per heavy atom. The Hall–Kier alpha value is -5.08. The topological polar surface area (TPSA) is 170 Å². The van der Waals surface area contributed by atoms with Crippen LogP contribution in [0.3, 0.4) is 0 Å². The number of carbonyl (C=O) groups is 2. The molecule has 3 aromatic rings. The van der Waals surface area contributed by atoms with Gasteiger partial charge in [-0.15, -0.1) is 11.8 Å². The Labute approximate surface area is 358 Å². The zero-order valence-electron chi connectivity index (χ0n) is 35.5. The van der Waals surface area contributed by atoms with Crippen molar-refractivity contribution in [3.05, 3.63) is 62.7 Å². The fraction of sp³-hybridized carbons (Fsp3) is 0.533. The van der Waals surface area contributed by atoms with E-state index in [1.165, 1.54) is 7.11 Å². The van der Waals surface area contributed by atoms with Crippen LogP contribution >= 0.6 is 11.8 Å². The maximum atomic E-state index is 15.0. The number of rotatable bonds is 6. The summed E-state index contributed by atoms with van der Waals surface area (Å²) in [5, 5.41) is 26.4. The molecule has 0 radical (unpaired) electrons. The van der Waals surface area contributed by atoms with Crippen LogP contribution in [0.4, 0.5) is 4.79 Å². The largest absolute Gasteiger partial charge is 0.514 e. The van der Waals surface area contributed by atoms with E-state index in [1.807, 2.05) is 13.8 Å². The van der Waals surface area contributed by atoms with Crippen LogP contribution in [0.25, 0.3) is 0 Å². The summed E-state index contributed by atoms with van der Waals surface area (Å²) in [6.07, 6.45) is 0.429. The Morgan fingerprint density at radius 2 is 1.80 bits per heavy atom. The van der Waals surface area contributed by atoms with Crippen LogP contribution in [0.15, 0.2) is 18.2 Å². The van der Waals surface area contributed by atoms with Gasteiger partial charge in [-0.3, -0.25) is 15.1 Å². The molecule has 0 amide bonds. The number of ether oxygens (including phenoxy) is 8. The van der Waals surface area contributed by atoms with Crippen LogP contribution < -0.4 is 33.7 Å². The van der Waals surface area contributed by atoms with E-state index in [1.54, 1.807) is 51.8 Å². The summed E-state index contributed by atoms with van der Waals surface area (Å²) in [6.45, 7) is 12.0. The fourth-order valence-electron chi connectivity index (χ4n) is 11.0. The Kier molecular flexibility index (Phi) is 9.34. The maximum absolute atomic E-state index is 15.0. The van der Waals surface area contributed by atoms with Crippen LogP contribution in [0.5, 0.6) is 40.2 Å². The van der Waals surface area contributed by atoms with Gasteiger partial charge in [0.15, 0.2) is 40.0 Å². The van der Waals surface area contributed by atoms with Gasteiger partial charge < -0.3 is 43.0 Å². The van der Waals surface area contributed by atoms with Crippen LogP contribution in [-0.2, 0) is 26.2 Å². The molecule has 8 aliphatic rings. The van der Waals surface area contributed by atoms with Crippen molar-refractivity contribution in [1.82, 2.24) is 15.1 Å². The van der Waals surface area contributed by atoms with E-state index in [-0.39, 0.29) is 54.5 Å². The number of nitrogens with zero attached hydrogens (tertiary/aromatic N) is 3. The number of benzene rings is 3. The van der Waals surface area contributed by atoms with Gasteiger partial charge in [0.1, 0.15) is 24.0 Å². The molecule has 8 heterocycles. The van der Waals surface area contributed by atoms with Crippen molar-refractivity contribution in [1.29, 1.82) is 5.26 Å². The van der Waals surface area contributed by atoms with E-state index in [4.69, 9.17) is 37.9 Å². The fourth-order valence-corrected chi connectivity index (χ4v) is 12.7. The molecule has 8 aliphatic heterocycles. The minimum absolute atomic E-state index is 0.0159. The number of fused-ring (bicyclic) bond motifs is 9. The molecule has 0 aromatic heterocycles. The standard InChI is InChI=1S/C45H50N4O11S/c1-9-12-55-38-21(3)39-40(58-19-57-39)30-26-17-56-42(51)45(24-15-27(53-7)28(14-22(24)10-11-47-45)59-43(52)60-44(4,5)6)18-61-41(31(30)38)35-34-29-23(13-20(2)37(54-8)36(29)50)32-33(49(32)34)25(16-46)48(26)35/h13-15,25-26,32-35,41,47,50H,9-12,17-19H2,1-8H3/t25-,26-,32?,33?,34+,35?,41+,45+,49?/m0/s1. The first-order valence-electron chi connectivity index (χ1n) is 20.9. The predicted octanol–water partition coefficient (Wildman–Crippen LogP) is 6.34. The number of phenols is 1. The number of methoxy groups -OCH3 is 2. The number of piperazine rings is 1. The normalized spacial score (nSPS) is 29.9. The van der Waals surface area contributed by atoms with E-state index in [2.05, 4.69) is 34.2 Å². The lowest BCUT2D eigenvalue weighted by molar-refractivity contribution is -0.155. The number of nitriles is 1. The number of thioether (sulfide) groups is 1. The molecule has 322 valence electrons. The van der Waals surface area contributed by atoms with E-state index >= 15 is 4.79 Å². The average Bonchev–Trinajstić information content (AvgIpc) is 3.56. The van der Waals surface area contributed by atoms with Gasteiger partial charge in [0.2, 0.25) is 6.79 Å². The lowest BCUT2D eigenvalue weighted by Crippen LogP contribution is -2.62. The highest BCUT2D eigenvalue weighted by molar-refractivity contribution is 7.99. The number of esters is 1. The summed E-state index contributed by atoms with van der Waals surface area (Å²) in [4.78, 5) is 32.5. The second-order valence-electron chi connectivity index (χ2n) is 17.8. The summed E-state index contributed by atoms with van der Waals surface area (Å²) in [5.41, 5.74) is 4.45. The molecular weight excluding hydrogens is 805 g/mol. The van der Waals surface area contributed by atoms with Crippen molar-refractivity contribution >= 4 is 23.9 Å². The molecule has 2 N–H and O–H groups in total. The lowest BCUT2D eigenvalue weighted by atomic mass is 9.76. The van der Waals surface area contributed by atoms with E-state index in [0.717, 1.165) is 45.4 Å². The third kappa shape index (κ3) is 5.72. The number of aromatic hydroxyl groups is 1. The number of aryl methyl sites for hydroxylation is 1. The van der Waals surface area contributed by atoms with E-state index in [9.17, 15) is 15.2 Å². The third-order valence-corrected chi connectivity index (χ3v) is 14.7. The van der Waals surface area contributed by atoms with Crippen LogP contribution in [0.1, 0.15) is 102 Å². The van der Waals surface area contributed by atoms with Gasteiger partial charge in [-0.25, -0.2) is 9.59 Å².